The predicted molar refractivity (Wildman–Crippen MR) is 60.2 cm³/mol. The highest BCUT2D eigenvalue weighted by molar-refractivity contribution is 7.09. The summed E-state index contributed by atoms with van der Waals surface area (Å²) in [6.07, 6.45) is 0. The van der Waals surface area contributed by atoms with Crippen LogP contribution in [0, 0.1) is 0 Å². The molecule has 0 saturated heterocycles. The average molecular weight is 228 g/mol. The van der Waals surface area contributed by atoms with E-state index in [1.54, 1.807) is 23.3 Å². The lowest BCUT2D eigenvalue weighted by Crippen LogP contribution is -2.25. The number of aromatic nitrogens is 1. The molecule has 0 aromatic carbocycles. The van der Waals surface area contributed by atoms with Crippen molar-refractivity contribution in [2.45, 2.75) is 26.3 Å². The summed E-state index contributed by atoms with van der Waals surface area (Å²) in [7, 11) is 1.78. The summed E-state index contributed by atoms with van der Waals surface area (Å²) < 4.78 is 0. The Morgan fingerprint density at radius 3 is 2.80 bits per heavy atom. The fourth-order valence-corrected chi connectivity index (χ4v) is 2.05. The van der Waals surface area contributed by atoms with Crippen LogP contribution in [0.4, 0.5) is 0 Å². The Bertz CT molecular complexity index is 336. The summed E-state index contributed by atoms with van der Waals surface area (Å²) >= 11 is 1.63. The molecule has 0 aliphatic rings. The monoisotopic (exact) mass is 228 g/mol. The Hall–Kier alpha value is -0.940. The molecule has 1 aromatic rings. The Labute approximate surface area is 93.6 Å². The lowest BCUT2D eigenvalue weighted by Gasteiger charge is -2.11. The molecular formula is C10H16N2O2S. The van der Waals surface area contributed by atoms with Crippen LogP contribution in [-0.4, -0.2) is 34.6 Å². The molecule has 5 heteroatoms. The first-order chi connectivity index (χ1) is 6.99. The highest BCUT2D eigenvalue weighted by Crippen LogP contribution is 2.19. The van der Waals surface area contributed by atoms with Gasteiger partial charge in [0, 0.05) is 17.8 Å². The number of carboxylic acid groups (broad SMARTS) is 1. The van der Waals surface area contributed by atoms with Gasteiger partial charge in [0.05, 0.1) is 17.2 Å². The maximum absolute atomic E-state index is 10.5. The zero-order chi connectivity index (χ0) is 11.4. The molecule has 0 atom stereocenters. The number of thiazole rings is 1. The van der Waals surface area contributed by atoms with Crippen LogP contribution in [0.15, 0.2) is 5.38 Å². The van der Waals surface area contributed by atoms with Gasteiger partial charge in [0.1, 0.15) is 0 Å². The first kappa shape index (κ1) is 12.1. The van der Waals surface area contributed by atoms with Crippen molar-refractivity contribution in [3.63, 3.8) is 0 Å². The van der Waals surface area contributed by atoms with E-state index >= 15 is 0 Å². The second kappa shape index (κ2) is 5.23. The Kier molecular flexibility index (Phi) is 4.23. The molecular weight excluding hydrogens is 212 g/mol. The summed E-state index contributed by atoms with van der Waals surface area (Å²) in [6, 6.07) is 0. The standard InChI is InChI=1S/C10H16N2O2S/c1-7(2)10-11-8(6-15-10)4-12(3)5-9(13)14/h6-7H,4-5H2,1-3H3,(H,13,14). The maximum Gasteiger partial charge on any atom is 0.317 e. The largest absolute Gasteiger partial charge is 0.480 e. The van der Waals surface area contributed by atoms with Crippen LogP contribution >= 0.6 is 11.3 Å². The van der Waals surface area contributed by atoms with E-state index < -0.39 is 5.97 Å². The van der Waals surface area contributed by atoms with Crippen molar-refractivity contribution >= 4 is 17.3 Å². The van der Waals surface area contributed by atoms with E-state index in [0.717, 1.165) is 10.7 Å². The number of hydrogen-bond donors (Lipinski definition) is 1. The van der Waals surface area contributed by atoms with Gasteiger partial charge in [-0.1, -0.05) is 13.8 Å². The van der Waals surface area contributed by atoms with E-state index in [-0.39, 0.29) is 6.54 Å². The second-order valence-corrected chi connectivity index (χ2v) is 4.79. The van der Waals surface area contributed by atoms with Gasteiger partial charge >= 0.3 is 5.97 Å². The molecule has 0 saturated carbocycles. The summed E-state index contributed by atoms with van der Waals surface area (Å²) in [5, 5.41) is 11.7. The first-order valence-corrected chi connectivity index (χ1v) is 5.71. The second-order valence-electron chi connectivity index (χ2n) is 3.90. The van der Waals surface area contributed by atoms with Crippen molar-refractivity contribution in [3.05, 3.63) is 16.1 Å². The lowest BCUT2D eigenvalue weighted by atomic mass is 10.2. The number of carboxylic acids is 1. The molecule has 15 heavy (non-hydrogen) atoms. The molecule has 4 nitrogen and oxygen atoms in total. The number of aliphatic carboxylic acids is 1. The predicted octanol–water partition coefficient (Wildman–Crippen LogP) is 1.78. The number of nitrogens with zero attached hydrogens (tertiary/aromatic N) is 2. The fraction of sp³-hybridized carbons (Fsp3) is 0.600. The van der Waals surface area contributed by atoms with E-state index in [0.29, 0.717) is 12.5 Å². The smallest absolute Gasteiger partial charge is 0.317 e. The van der Waals surface area contributed by atoms with Crippen LogP contribution in [0.1, 0.15) is 30.5 Å². The molecule has 0 unspecified atom stereocenters. The number of rotatable bonds is 5. The minimum atomic E-state index is -0.809. The van der Waals surface area contributed by atoms with E-state index in [9.17, 15) is 4.79 Å². The average Bonchev–Trinajstić information content (AvgIpc) is 2.50. The van der Waals surface area contributed by atoms with Crippen LogP contribution in [-0.2, 0) is 11.3 Å². The first-order valence-electron chi connectivity index (χ1n) is 4.83. The molecule has 0 fully saturated rings. The number of hydrogen-bond acceptors (Lipinski definition) is 4. The summed E-state index contributed by atoms with van der Waals surface area (Å²) in [5.41, 5.74) is 0.951. The fourth-order valence-electron chi connectivity index (χ4n) is 1.22. The molecule has 1 N–H and O–H groups in total. The van der Waals surface area contributed by atoms with Gasteiger partial charge in [-0.05, 0) is 7.05 Å². The van der Waals surface area contributed by atoms with Crippen molar-refractivity contribution in [3.8, 4) is 0 Å². The summed E-state index contributed by atoms with van der Waals surface area (Å²) in [6.45, 7) is 4.84. The van der Waals surface area contributed by atoms with Crippen molar-refractivity contribution in [1.82, 2.24) is 9.88 Å². The third-order valence-corrected chi connectivity index (χ3v) is 3.09. The molecule has 0 spiro atoms. The molecule has 84 valence electrons. The molecule has 1 aromatic heterocycles. The van der Waals surface area contributed by atoms with E-state index in [1.165, 1.54) is 0 Å². The highest BCUT2D eigenvalue weighted by atomic mass is 32.1. The lowest BCUT2D eigenvalue weighted by molar-refractivity contribution is -0.138. The van der Waals surface area contributed by atoms with Crippen molar-refractivity contribution in [1.29, 1.82) is 0 Å². The van der Waals surface area contributed by atoms with Crippen molar-refractivity contribution in [2.24, 2.45) is 0 Å². The zero-order valence-electron chi connectivity index (χ0n) is 9.23. The summed E-state index contributed by atoms with van der Waals surface area (Å²) in [4.78, 5) is 16.6. The van der Waals surface area contributed by atoms with Gasteiger partial charge in [0.15, 0.2) is 0 Å². The van der Waals surface area contributed by atoms with Gasteiger partial charge in [0.25, 0.3) is 0 Å². The third-order valence-electron chi connectivity index (χ3n) is 1.90. The SMILES string of the molecule is CC(C)c1nc(CN(C)CC(=O)O)cs1. The molecule has 0 bridgehead atoms. The topological polar surface area (TPSA) is 53.4 Å². The molecule has 1 heterocycles. The molecule has 0 aliphatic heterocycles. The minimum absolute atomic E-state index is 0.0501. The van der Waals surface area contributed by atoms with Crippen LogP contribution in [0.3, 0.4) is 0 Å². The van der Waals surface area contributed by atoms with Gasteiger partial charge in [-0.3, -0.25) is 9.69 Å². The van der Waals surface area contributed by atoms with Crippen molar-refractivity contribution < 1.29 is 9.90 Å². The van der Waals surface area contributed by atoms with Gasteiger partial charge < -0.3 is 5.11 Å². The Morgan fingerprint density at radius 2 is 2.33 bits per heavy atom. The van der Waals surface area contributed by atoms with E-state index in [4.69, 9.17) is 5.11 Å². The van der Waals surface area contributed by atoms with Gasteiger partial charge in [-0.15, -0.1) is 11.3 Å². The van der Waals surface area contributed by atoms with Crippen LogP contribution in [0.5, 0.6) is 0 Å². The third kappa shape index (κ3) is 3.97. The number of carbonyl (C=O) groups is 1. The number of likely N-dealkylation sites (N-methyl/N-ethyl adjacent to an activating group) is 1. The van der Waals surface area contributed by atoms with Gasteiger partial charge in [-0.25, -0.2) is 4.98 Å². The Morgan fingerprint density at radius 1 is 1.67 bits per heavy atom. The molecule has 1 rings (SSSR count). The van der Waals surface area contributed by atoms with Crippen molar-refractivity contribution in [2.75, 3.05) is 13.6 Å². The van der Waals surface area contributed by atoms with Crippen LogP contribution in [0.2, 0.25) is 0 Å². The normalized spacial score (nSPS) is 11.3. The quantitative estimate of drug-likeness (QED) is 0.834. The van der Waals surface area contributed by atoms with Crippen LogP contribution in [0.25, 0.3) is 0 Å². The molecule has 0 amide bonds. The highest BCUT2D eigenvalue weighted by Gasteiger charge is 2.09. The van der Waals surface area contributed by atoms with Crippen LogP contribution < -0.4 is 0 Å². The summed E-state index contributed by atoms with van der Waals surface area (Å²) in [5.74, 6) is -0.370. The molecule has 0 radical (unpaired) electrons. The van der Waals surface area contributed by atoms with E-state index in [2.05, 4.69) is 18.8 Å². The zero-order valence-corrected chi connectivity index (χ0v) is 10.0. The van der Waals surface area contributed by atoms with Gasteiger partial charge in [0.2, 0.25) is 0 Å². The van der Waals surface area contributed by atoms with Gasteiger partial charge in [-0.2, -0.15) is 0 Å². The Balaban J connectivity index is 2.53. The van der Waals surface area contributed by atoms with E-state index in [1.807, 2.05) is 5.38 Å². The maximum atomic E-state index is 10.5. The molecule has 0 aliphatic carbocycles. The minimum Gasteiger partial charge on any atom is -0.480 e.